The second-order valence-electron chi connectivity index (χ2n) is 11.3. The van der Waals surface area contributed by atoms with Gasteiger partial charge in [0.05, 0.1) is 38.3 Å². The van der Waals surface area contributed by atoms with Gasteiger partial charge in [-0.3, -0.25) is 9.69 Å². The summed E-state index contributed by atoms with van der Waals surface area (Å²) in [5.74, 6) is 2.93. The van der Waals surface area contributed by atoms with Crippen LogP contribution in [0.2, 0.25) is 0 Å². The van der Waals surface area contributed by atoms with Crippen LogP contribution in [0.5, 0.6) is 11.5 Å². The fourth-order valence-corrected chi connectivity index (χ4v) is 6.18. The van der Waals surface area contributed by atoms with Crippen molar-refractivity contribution in [2.75, 3.05) is 38.9 Å². The summed E-state index contributed by atoms with van der Waals surface area (Å²) >= 11 is 0. The third kappa shape index (κ3) is 5.48. The maximum absolute atomic E-state index is 12.6. The molecule has 206 valence electrons. The lowest BCUT2D eigenvalue weighted by Gasteiger charge is -2.38. The summed E-state index contributed by atoms with van der Waals surface area (Å²) in [5, 5.41) is 4.65. The van der Waals surface area contributed by atoms with Gasteiger partial charge in [0.15, 0.2) is 0 Å². The van der Waals surface area contributed by atoms with Gasteiger partial charge >= 0.3 is 0 Å². The van der Waals surface area contributed by atoms with E-state index in [1.807, 2.05) is 22.8 Å². The molecular formula is C31H39N5O3. The molecule has 1 aliphatic carbocycles. The number of carbonyl (C=O) groups excluding carboxylic acids is 1. The minimum absolute atomic E-state index is 0.310. The van der Waals surface area contributed by atoms with E-state index < -0.39 is 0 Å². The number of rotatable bonds is 8. The lowest BCUT2D eigenvalue weighted by Crippen LogP contribution is -2.45. The van der Waals surface area contributed by atoms with Crippen LogP contribution in [0.1, 0.15) is 43.7 Å². The number of nitrogens with zero attached hydrogens (tertiary/aromatic N) is 5. The highest BCUT2D eigenvalue weighted by Crippen LogP contribution is 2.35. The molecule has 0 unspecified atom stereocenters. The highest BCUT2D eigenvalue weighted by Gasteiger charge is 2.37. The molecule has 1 aromatic carbocycles. The Bertz CT molecular complexity index is 1360. The van der Waals surface area contributed by atoms with Gasteiger partial charge in [-0.25, -0.2) is 4.52 Å². The van der Waals surface area contributed by atoms with Gasteiger partial charge < -0.3 is 19.3 Å². The molecule has 0 radical (unpaired) electrons. The van der Waals surface area contributed by atoms with E-state index in [2.05, 4.69) is 63.4 Å². The van der Waals surface area contributed by atoms with Crippen molar-refractivity contribution in [2.24, 2.45) is 11.8 Å². The van der Waals surface area contributed by atoms with E-state index in [0.29, 0.717) is 23.8 Å². The highest BCUT2D eigenvalue weighted by molar-refractivity contribution is 5.81. The van der Waals surface area contributed by atoms with Gasteiger partial charge in [0.25, 0.3) is 0 Å². The summed E-state index contributed by atoms with van der Waals surface area (Å²) in [6.07, 6.45) is 13.8. The first-order valence-corrected chi connectivity index (χ1v) is 14.2. The number of benzene rings is 1. The summed E-state index contributed by atoms with van der Waals surface area (Å²) in [6, 6.07) is 10.8. The zero-order valence-corrected chi connectivity index (χ0v) is 23.3. The van der Waals surface area contributed by atoms with Crippen molar-refractivity contribution in [1.82, 2.24) is 19.4 Å². The lowest BCUT2D eigenvalue weighted by molar-refractivity contribution is -0.136. The molecule has 6 rings (SSSR count). The molecule has 4 heterocycles. The number of hydrogen-bond donors (Lipinski definition) is 0. The molecule has 1 saturated heterocycles. The van der Waals surface area contributed by atoms with Crippen molar-refractivity contribution in [2.45, 2.75) is 51.6 Å². The molecule has 2 aliphatic heterocycles. The number of hydrogen-bond acceptors (Lipinski definition) is 6. The molecule has 39 heavy (non-hydrogen) atoms. The summed E-state index contributed by atoms with van der Waals surface area (Å²) in [7, 11) is 3.37. The van der Waals surface area contributed by atoms with Crippen LogP contribution in [0, 0.1) is 11.8 Å². The molecule has 2 aromatic heterocycles. The van der Waals surface area contributed by atoms with Crippen LogP contribution in [-0.2, 0) is 17.8 Å². The molecule has 8 heteroatoms. The standard InChI is InChI=1S/C31H39N5O3/c1-22-15-23(9-13-35(22)31(37)25-5-6-25)16-24-10-14-36-28(17-24)29(19-32-36)34-12-4-11-33(21-34)20-26-7-8-27(38-2)18-30(26)39-3/h4,7-8,10,12,14,17-19,22-23,25H,5-6,9,11,13,15-16,20-21H2,1-3H3/t22-,23+/m0/s1. The maximum atomic E-state index is 12.6. The fourth-order valence-electron chi connectivity index (χ4n) is 6.18. The average molecular weight is 530 g/mol. The number of anilines is 1. The Hall–Kier alpha value is -3.52. The predicted molar refractivity (Wildman–Crippen MR) is 152 cm³/mol. The van der Waals surface area contributed by atoms with Crippen molar-refractivity contribution in [3.8, 4) is 11.5 Å². The van der Waals surface area contributed by atoms with Crippen LogP contribution in [0.4, 0.5) is 5.69 Å². The van der Waals surface area contributed by atoms with Crippen LogP contribution < -0.4 is 14.4 Å². The molecule has 2 atom stereocenters. The maximum Gasteiger partial charge on any atom is 0.225 e. The molecule has 3 aliphatic rings. The first kappa shape index (κ1) is 25.7. The Morgan fingerprint density at radius 1 is 1.10 bits per heavy atom. The van der Waals surface area contributed by atoms with Crippen LogP contribution >= 0.6 is 0 Å². The second kappa shape index (κ2) is 10.9. The Morgan fingerprint density at radius 2 is 1.97 bits per heavy atom. The summed E-state index contributed by atoms with van der Waals surface area (Å²) in [6.45, 7) is 5.53. The predicted octanol–water partition coefficient (Wildman–Crippen LogP) is 4.72. The number of methoxy groups -OCH3 is 2. The molecule has 2 fully saturated rings. The largest absolute Gasteiger partial charge is 0.497 e. The minimum atomic E-state index is 0.310. The van der Waals surface area contributed by atoms with Crippen molar-refractivity contribution in [3.63, 3.8) is 0 Å². The number of fused-ring (bicyclic) bond motifs is 1. The van der Waals surface area contributed by atoms with Gasteiger partial charge in [0.2, 0.25) is 5.91 Å². The van der Waals surface area contributed by atoms with Crippen molar-refractivity contribution < 1.29 is 14.3 Å². The molecular weight excluding hydrogens is 490 g/mol. The van der Waals surface area contributed by atoms with E-state index >= 15 is 0 Å². The molecule has 8 nitrogen and oxygen atoms in total. The average Bonchev–Trinajstić information content (AvgIpc) is 3.72. The first-order valence-electron chi connectivity index (χ1n) is 14.2. The number of aromatic nitrogens is 2. The van der Waals surface area contributed by atoms with Crippen LogP contribution in [0.3, 0.4) is 0 Å². The Kier molecular flexibility index (Phi) is 7.21. The highest BCUT2D eigenvalue weighted by atomic mass is 16.5. The van der Waals surface area contributed by atoms with Gasteiger partial charge in [-0.05, 0) is 68.7 Å². The fraction of sp³-hybridized carbons (Fsp3) is 0.484. The van der Waals surface area contributed by atoms with Gasteiger partial charge in [-0.2, -0.15) is 5.10 Å². The molecule has 1 saturated carbocycles. The zero-order chi connectivity index (χ0) is 26.9. The Labute approximate surface area is 230 Å². The number of piperidine rings is 1. The van der Waals surface area contributed by atoms with E-state index in [4.69, 9.17) is 9.47 Å². The number of ether oxygens (including phenoxy) is 2. The van der Waals surface area contributed by atoms with E-state index in [0.717, 1.165) is 86.7 Å². The van der Waals surface area contributed by atoms with Gasteiger partial charge in [-0.1, -0.05) is 12.1 Å². The van der Waals surface area contributed by atoms with Crippen molar-refractivity contribution in [3.05, 3.63) is 66.1 Å². The SMILES string of the molecule is COc1ccc(CN2CC=CN(c3cnn4ccc(C[C@@H]5CCN(C(=O)C6CC6)[C@@H](C)C5)cc34)C2)c(OC)c1. The minimum Gasteiger partial charge on any atom is -0.497 e. The summed E-state index contributed by atoms with van der Waals surface area (Å²) in [4.78, 5) is 19.4. The van der Waals surface area contributed by atoms with Gasteiger partial charge in [0, 0.05) is 55.6 Å². The summed E-state index contributed by atoms with van der Waals surface area (Å²) in [5.41, 5.74) is 4.70. The Morgan fingerprint density at radius 3 is 2.74 bits per heavy atom. The van der Waals surface area contributed by atoms with E-state index in [1.165, 1.54) is 5.56 Å². The van der Waals surface area contributed by atoms with Crippen LogP contribution in [0.25, 0.3) is 5.52 Å². The van der Waals surface area contributed by atoms with Crippen LogP contribution in [0.15, 0.2) is 55.0 Å². The normalized spacial score (nSPS) is 21.9. The second-order valence-corrected chi connectivity index (χ2v) is 11.3. The molecule has 0 bridgehead atoms. The molecule has 0 N–H and O–H groups in total. The molecule has 3 aromatic rings. The molecule has 1 amide bonds. The smallest absolute Gasteiger partial charge is 0.225 e. The monoisotopic (exact) mass is 529 g/mol. The lowest BCUT2D eigenvalue weighted by atomic mass is 9.86. The topological polar surface area (TPSA) is 62.6 Å². The molecule has 0 spiro atoms. The third-order valence-electron chi connectivity index (χ3n) is 8.48. The first-order chi connectivity index (χ1) is 19.0. The number of likely N-dealkylation sites (tertiary alicyclic amines) is 1. The van der Waals surface area contributed by atoms with Crippen molar-refractivity contribution >= 4 is 17.1 Å². The van der Waals surface area contributed by atoms with E-state index in [9.17, 15) is 4.79 Å². The van der Waals surface area contributed by atoms with Crippen molar-refractivity contribution in [1.29, 1.82) is 0 Å². The van der Waals surface area contributed by atoms with E-state index in [-0.39, 0.29) is 0 Å². The van der Waals surface area contributed by atoms with Gasteiger partial charge in [0.1, 0.15) is 11.5 Å². The zero-order valence-electron chi connectivity index (χ0n) is 23.3. The Balaban J connectivity index is 1.13. The quantitative estimate of drug-likeness (QED) is 0.421. The van der Waals surface area contributed by atoms with Gasteiger partial charge in [-0.15, -0.1) is 0 Å². The summed E-state index contributed by atoms with van der Waals surface area (Å²) < 4.78 is 13.0. The van der Waals surface area contributed by atoms with Crippen LogP contribution in [-0.4, -0.2) is 65.3 Å². The number of carbonyl (C=O) groups is 1. The number of amides is 1. The number of pyridine rings is 1. The van der Waals surface area contributed by atoms with E-state index in [1.54, 1.807) is 14.2 Å². The third-order valence-corrected chi connectivity index (χ3v) is 8.48.